The first-order valence-corrected chi connectivity index (χ1v) is 15.7. The molecule has 0 saturated carbocycles. The molecule has 0 amide bonds. The van der Waals surface area contributed by atoms with Crippen LogP contribution < -0.4 is 5.73 Å². The Morgan fingerprint density at radius 1 is 0.545 bits per heavy atom. The van der Waals surface area contributed by atoms with Crippen LogP contribution in [0, 0.1) is 0 Å². The van der Waals surface area contributed by atoms with E-state index in [1.165, 1.54) is 33.4 Å². The van der Waals surface area contributed by atoms with E-state index in [9.17, 15) is 0 Å². The number of benzene rings is 3. The molecular formula is C29H41NS3. The molecular weight excluding hydrogens is 459 g/mol. The third-order valence-electron chi connectivity index (χ3n) is 5.08. The Morgan fingerprint density at radius 2 is 1.09 bits per heavy atom. The molecule has 0 aliphatic carbocycles. The zero-order valence-corrected chi connectivity index (χ0v) is 23.4. The number of thioether (sulfide) groups is 3. The molecule has 0 saturated heterocycles. The summed E-state index contributed by atoms with van der Waals surface area (Å²) in [5, 5.41) is 0. The van der Waals surface area contributed by atoms with Crippen molar-refractivity contribution in [3.05, 3.63) is 106 Å². The number of rotatable bonds is 9. The molecule has 0 aromatic heterocycles. The van der Waals surface area contributed by atoms with E-state index in [0.717, 1.165) is 30.1 Å². The van der Waals surface area contributed by atoms with E-state index in [2.05, 4.69) is 105 Å². The van der Waals surface area contributed by atoms with Crippen LogP contribution in [0.4, 0.5) is 0 Å². The second-order valence-corrected chi connectivity index (χ2v) is 10.2. The highest BCUT2D eigenvalue weighted by molar-refractivity contribution is 7.98. The maximum atomic E-state index is 5.51. The molecule has 0 aliphatic heterocycles. The van der Waals surface area contributed by atoms with Gasteiger partial charge in [0.1, 0.15) is 0 Å². The molecule has 0 radical (unpaired) electrons. The Balaban J connectivity index is 0.000000247. The van der Waals surface area contributed by atoms with Gasteiger partial charge in [0, 0.05) is 23.8 Å². The predicted molar refractivity (Wildman–Crippen MR) is 158 cm³/mol. The van der Waals surface area contributed by atoms with Gasteiger partial charge in [-0.2, -0.15) is 35.3 Å². The van der Waals surface area contributed by atoms with Crippen molar-refractivity contribution in [2.24, 2.45) is 5.73 Å². The zero-order chi connectivity index (χ0) is 24.3. The molecule has 4 heteroatoms. The fourth-order valence-corrected chi connectivity index (χ4v) is 4.88. The Labute approximate surface area is 215 Å². The summed E-state index contributed by atoms with van der Waals surface area (Å²) in [5.41, 5.74) is 13.9. The van der Waals surface area contributed by atoms with Crippen molar-refractivity contribution in [3.63, 3.8) is 0 Å². The average molecular weight is 500 g/mol. The molecule has 2 N–H and O–H groups in total. The highest BCUT2D eigenvalue weighted by Crippen LogP contribution is 2.15. The molecule has 0 bridgehead atoms. The SMILES string of the molecule is CCc1ccc(CSC)cc1.CCc1ccccc1CSC.CSCc1cccc(CN)c1. The lowest BCUT2D eigenvalue weighted by molar-refractivity contribution is 1.06. The molecule has 0 unspecified atom stereocenters. The van der Waals surface area contributed by atoms with E-state index in [1.54, 1.807) is 0 Å². The van der Waals surface area contributed by atoms with Crippen LogP contribution in [-0.2, 0) is 36.6 Å². The minimum atomic E-state index is 0.641. The van der Waals surface area contributed by atoms with E-state index in [-0.39, 0.29) is 0 Å². The van der Waals surface area contributed by atoms with Gasteiger partial charge >= 0.3 is 0 Å². The van der Waals surface area contributed by atoms with Gasteiger partial charge in [0.2, 0.25) is 0 Å². The smallest absolute Gasteiger partial charge is 0.0184 e. The predicted octanol–water partition coefficient (Wildman–Crippen LogP) is 8.23. The Kier molecular flexibility index (Phi) is 17.1. The molecule has 180 valence electrons. The summed E-state index contributed by atoms with van der Waals surface area (Å²) in [7, 11) is 0. The highest BCUT2D eigenvalue weighted by atomic mass is 32.2. The van der Waals surface area contributed by atoms with Crippen LogP contribution in [0.15, 0.2) is 72.8 Å². The summed E-state index contributed by atoms with van der Waals surface area (Å²) in [6, 6.07) is 25.9. The molecule has 1 nitrogen and oxygen atoms in total. The lowest BCUT2D eigenvalue weighted by Crippen LogP contribution is -1.96. The van der Waals surface area contributed by atoms with Crippen molar-refractivity contribution in [1.29, 1.82) is 0 Å². The van der Waals surface area contributed by atoms with Crippen LogP contribution in [0.1, 0.15) is 47.2 Å². The van der Waals surface area contributed by atoms with Crippen molar-refractivity contribution in [1.82, 2.24) is 0 Å². The third-order valence-corrected chi connectivity index (χ3v) is 6.92. The summed E-state index contributed by atoms with van der Waals surface area (Å²) in [4.78, 5) is 0. The maximum Gasteiger partial charge on any atom is 0.0184 e. The molecule has 0 heterocycles. The van der Waals surface area contributed by atoms with E-state index in [4.69, 9.17) is 5.73 Å². The summed E-state index contributed by atoms with van der Waals surface area (Å²) < 4.78 is 0. The Morgan fingerprint density at radius 3 is 1.64 bits per heavy atom. The van der Waals surface area contributed by atoms with Crippen molar-refractivity contribution in [2.75, 3.05) is 18.8 Å². The summed E-state index contributed by atoms with van der Waals surface area (Å²) in [6.45, 7) is 5.03. The first-order chi connectivity index (χ1) is 16.1. The molecule has 0 fully saturated rings. The van der Waals surface area contributed by atoms with Crippen LogP contribution in [-0.4, -0.2) is 18.8 Å². The number of nitrogens with two attached hydrogens (primary N) is 1. The van der Waals surface area contributed by atoms with Gasteiger partial charge in [-0.25, -0.2) is 0 Å². The summed E-state index contributed by atoms with van der Waals surface area (Å²) in [5.74, 6) is 3.35. The molecule has 0 spiro atoms. The van der Waals surface area contributed by atoms with Gasteiger partial charge in [0.25, 0.3) is 0 Å². The quantitative estimate of drug-likeness (QED) is 0.321. The molecule has 3 rings (SSSR count). The lowest BCUT2D eigenvalue weighted by Gasteiger charge is -2.04. The maximum absolute atomic E-state index is 5.51. The van der Waals surface area contributed by atoms with E-state index in [1.807, 2.05) is 35.3 Å². The molecule has 3 aromatic rings. The van der Waals surface area contributed by atoms with Gasteiger partial charge in [-0.15, -0.1) is 0 Å². The number of aryl methyl sites for hydroxylation is 2. The first-order valence-electron chi connectivity index (χ1n) is 11.5. The fraction of sp³-hybridized carbons (Fsp3) is 0.379. The second-order valence-electron chi connectivity index (χ2n) is 7.62. The minimum Gasteiger partial charge on any atom is -0.326 e. The normalized spacial score (nSPS) is 10.0. The second kappa shape index (κ2) is 19.0. The van der Waals surface area contributed by atoms with Crippen LogP contribution >= 0.6 is 35.3 Å². The van der Waals surface area contributed by atoms with Crippen molar-refractivity contribution in [2.45, 2.75) is 50.5 Å². The van der Waals surface area contributed by atoms with Gasteiger partial charge in [0.05, 0.1) is 0 Å². The lowest BCUT2D eigenvalue weighted by atomic mass is 10.1. The van der Waals surface area contributed by atoms with E-state index >= 15 is 0 Å². The topological polar surface area (TPSA) is 26.0 Å². The standard InChI is InChI=1S/2C10H14S.C9H13NS/c1-3-9-4-6-10(7-5-9)8-11-2;1-3-9-6-4-5-7-10(9)8-11-2;1-11-7-9-4-2-3-8(5-9)6-10/h2*4-7H,3,8H2,1-2H3;2-5H,6-7,10H2,1H3. The van der Waals surface area contributed by atoms with Crippen molar-refractivity contribution in [3.8, 4) is 0 Å². The van der Waals surface area contributed by atoms with Gasteiger partial charge in [0.15, 0.2) is 0 Å². The molecule has 3 aromatic carbocycles. The first kappa shape index (κ1) is 29.7. The van der Waals surface area contributed by atoms with Gasteiger partial charge in [-0.3, -0.25) is 0 Å². The zero-order valence-electron chi connectivity index (χ0n) is 21.0. The molecule has 33 heavy (non-hydrogen) atoms. The van der Waals surface area contributed by atoms with E-state index in [0.29, 0.717) is 6.54 Å². The van der Waals surface area contributed by atoms with Crippen LogP contribution in [0.2, 0.25) is 0 Å². The highest BCUT2D eigenvalue weighted by Gasteiger charge is 1.96. The van der Waals surface area contributed by atoms with Crippen molar-refractivity contribution >= 4 is 35.3 Å². The number of hydrogen-bond donors (Lipinski definition) is 1. The van der Waals surface area contributed by atoms with Crippen LogP contribution in [0.3, 0.4) is 0 Å². The summed E-state index contributed by atoms with van der Waals surface area (Å²) in [6.07, 6.45) is 8.67. The van der Waals surface area contributed by atoms with Gasteiger partial charge in [-0.1, -0.05) is 86.6 Å². The van der Waals surface area contributed by atoms with Gasteiger partial charge < -0.3 is 5.73 Å². The van der Waals surface area contributed by atoms with Crippen molar-refractivity contribution < 1.29 is 0 Å². The average Bonchev–Trinajstić information content (AvgIpc) is 2.86. The number of hydrogen-bond acceptors (Lipinski definition) is 4. The third kappa shape index (κ3) is 12.6. The Hall–Kier alpha value is -1.33. The minimum absolute atomic E-state index is 0.641. The summed E-state index contributed by atoms with van der Waals surface area (Å²) >= 11 is 5.59. The monoisotopic (exact) mass is 499 g/mol. The molecule has 0 aliphatic rings. The van der Waals surface area contributed by atoms with Gasteiger partial charge in [-0.05, 0) is 65.0 Å². The van der Waals surface area contributed by atoms with Crippen LogP contribution in [0.5, 0.6) is 0 Å². The largest absolute Gasteiger partial charge is 0.326 e. The Bertz CT molecular complexity index is 878. The van der Waals surface area contributed by atoms with E-state index < -0.39 is 0 Å². The fourth-order valence-electron chi connectivity index (χ4n) is 3.25. The van der Waals surface area contributed by atoms with Crippen LogP contribution in [0.25, 0.3) is 0 Å². The molecule has 0 atom stereocenters.